The Bertz CT molecular complexity index is 406. The van der Waals surface area contributed by atoms with Crippen molar-refractivity contribution >= 4 is 11.9 Å². The van der Waals surface area contributed by atoms with E-state index in [2.05, 4.69) is 5.32 Å². The highest BCUT2D eigenvalue weighted by molar-refractivity contribution is 5.84. The van der Waals surface area contributed by atoms with E-state index in [4.69, 9.17) is 10.8 Å². The summed E-state index contributed by atoms with van der Waals surface area (Å²) in [5, 5.41) is 11.6. The van der Waals surface area contributed by atoms with Gasteiger partial charge in [0.25, 0.3) is 0 Å². The van der Waals surface area contributed by atoms with Gasteiger partial charge in [-0.1, -0.05) is 37.3 Å². The van der Waals surface area contributed by atoms with E-state index in [1.54, 1.807) is 30.3 Å². The Hall–Kier alpha value is -1.88. The molecule has 0 saturated carbocycles. The molecule has 0 aliphatic carbocycles. The van der Waals surface area contributed by atoms with Crippen LogP contribution < -0.4 is 11.1 Å². The molecule has 0 radical (unpaired) electrons. The summed E-state index contributed by atoms with van der Waals surface area (Å²) in [4.78, 5) is 22.8. The molecule has 18 heavy (non-hydrogen) atoms. The van der Waals surface area contributed by atoms with Crippen molar-refractivity contribution in [1.82, 2.24) is 5.32 Å². The van der Waals surface area contributed by atoms with Crippen molar-refractivity contribution in [2.75, 3.05) is 6.54 Å². The van der Waals surface area contributed by atoms with Crippen molar-refractivity contribution in [2.45, 2.75) is 19.4 Å². The first-order valence-corrected chi connectivity index (χ1v) is 5.81. The number of carbonyl (C=O) groups is 2. The minimum atomic E-state index is -1.07. The summed E-state index contributed by atoms with van der Waals surface area (Å²) in [5.74, 6) is -1.34. The lowest BCUT2D eigenvalue weighted by molar-refractivity contribution is -0.142. The molecule has 4 N–H and O–H groups in total. The number of carbonyl (C=O) groups excluding carboxylic acids is 1. The van der Waals surface area contributed by atoms with Gasteiger partial charge < -0.3 is 16.2 Å². The van der Waals surface area contributed by atoms with Crippen LogP contribution in [0.15, 0.2) is 30.3 Å². The van der Waals surface area contributed by atoms with E-state index >= 15 is 0 Å². The monoisotopic (exact) mass is 250 g/mol. The fourth-order valence-corrected chi connectivity index (χ4v) is 1.55. The molecule has 0 saturated heterocycles. The van der Waals surface area contributed by atoms with Crippen LogP contribution in [-0.2, 0) is 9.59 Å². The molecular formula is C13H18N2O3. The van der Waals surface area contributed by atoms with E-state index < -0.39 is 12.0 Å². The average Bonchev–Trinajstić information content (AvgIpc) is 2.36. The van der Waals surface area contributed by atoms with Gasteiger partial charge in [0.15, 0.2) is 6.04 Å². The highest BCUT2D eigenvalue weighted by Gasteiger charge is 2.22. The van der Waals surface area contributed by atoms with Crippen LogP contribution in [0.1, 0.15) is 24.9 Å². The number of carboxylic acids is 1. The molecule has 1 unspecified atom stereocenters. The molecule has 0 aromatic heterocycles. The van der Waals surface area contributed by atoms with Gasteiger partial charge in [0.2, 0.25) is 5.91 Å². The van der Waals surface area contributed by atoms with Crippen LogP contribution in [0.4, 0.5) is 0 Å². The second-order valence-corrected chi connectivity index (χ2v) is 4.29. The van der Waals surface area contributed by atoms with Crippen LogP contribution in [0, 0.1) is 5.92 Å². The van der Waals surface area contributed by atoms with E-state index in [0.717, 1.165) is 0 Å². The van der Waals surface area contributed by atoms with Crippen LogP contribution in [0.2, 0.25) is 0 Å². The molecule has 0 fully saturated rings. The number of carboxylic acid groups (broad SMARTS) is 1. The highest BCUT2D eigenvalue weighted by atomic mass is 16.4. The number of hydrogen-bond donors (Lipinski definition) is 3. The maximum atomic E-state index is 11.7. The van der Waals surface area contributed by atoms with Crippen molar-refractivity contribution in [1.29, 1.82) is 0 Å². The van der Waals surface area contributed by atoms with Gasteiger partial charge in [0.05, 0.1) is 0 Å². The predicted octanol–water partition coefficient (Wildman–Crippen LogP) is 0.913. The first-order chi connectivity index (χ1) is 8.54. The van der Waals surface area contributed by atoms with Gasteiger partial charge >= 0.3 is 5.97 Å². The zero-order valence-electron chi connectivity index (χ0n) is 10.3. The second-order valence-electron chi connectivity index (χ2n) is 4.29. The number of benzene rings is 1. The van der Waals surface area contributed by atoms with Crippen molar-refractivity contribution in [3.8, 4) is 0 Å². The third-order valence-electron chi connectivity index (χ3n) is 2.62. The van der Waals surface area contributed by atoms with E-state index in [-0.39, 0.29) is 18.2 Å². The molecule has 98 valence electrons. The smallest absolute Gasteiger partial charge is 0.330 e. The lowest BCUT2D eigenvalue weighted by Gasteiger charge is -2.16. The molecule has 0 spiro atoms. The van der Waals surface area contributed by atoms with Crippen LogP contribution in [0.25, 0.3) is 0 Å². The van der Waals surface area contributed by atoms with Gasteiger partial charge in [-0.3, -0.25) is 4.79 Å². The maximum absolute atomic E-state index is 11.7. The molecule has 5 nitrogen and oxygen atoms in total. The number of nitrogens with two attached hydrogens (primary N) is 1. The highest BCUT2D eigenvalue weighted by Crippen LogP contribution is 2.13. The fraction of sp³-hybridized carbons (Fsp3) is 0.385. The van der Waals surface area contributed by atoms with Gasteiger partial charge in [-0.05, 0) is 18.0 Å². The number of hydrogen-bond acceptors (Lipinski definition) is 3. The van der Waals surface area contributed by atoms with Crippen LogP contribution in [0.3, 0.4) is 0 Å². The van der Waals surface area contributed by atoms with Crippen molar-refractivity contribution in [2.24, 2.45) is 11.7 Å². The topological polar surface area (TPSA) is 92.4 Å². The molecule has 1 amide bonds. The molecule has 1 rings (SSSR count). The molecule has 0 heterocycles. The summed E-state index contributed by atoms with van der Waals surface area (Å²) in [6.07, 6.45) is 0.229. The summed E-state index contributed by atoms with van der Waals surface area (Å²) < 4.78 is 0. The molecule has 0 aliphatic rings. The van der Waals surface area contributed by atoms with E-state index in [1.807, 2.05) is 6.92 Å². The van der Waals surface area contributed by atoms with Gasteiger partial charge in [0.1, 0.15) is 0 Å². The Labute approximate surface area is 106 Å². The first-order valence-electron chi connectivity index (χ1n) is 5.81. The summed E-state index contributed by atoms with van der Waals surface area (Å²) in [6.45, 7) is 2.24. The molecule has 0 bridgehead atoms. The lowest BCUT2D eigenvalue weighted by atomic mass is 10.0. The van der Waals surface area contributed by atoms with Crippen LogP contribution in [0.5, 0.6) is 0 Å². The van der Waals surface area contributed by atoms with Crippen molar-refractivity contribution in [3.63, 3.8) is 0 Å². The van der Waals surface area contributed by atoms with Crippen LogP contribution >= 0.6 is 0 Å². The lowest BCUT2D eigenvalue weighted by Crippen LogP contribution is -2.35. The number of nitrogens with one attached hydrogen (secondary N) is 1. The molecule has 2 atom stereocenters. The van der Waals surface area contributed by atoms with Gasteiger partial charge in [-0.25, -0.2) is 4.79 Å². The second kappa shape index (κ2) is 6.76. The van der Waals surface area contributed by atoms with E-state index in [9.17, 15) is 9.59 Å². The summed E-state index contributed by atoms with van der Waals surface area (Å²) in [5.41, 5.74) is 5.98. The first kappa shape index (κ1) is 14.2. The fourth-order valence-electron chi connectivity index (χ4n) is 1.55. The Kier molecular flexibility index (Phi) is 5.32. The van der Waals surface area contributed by atoms with Gasteiger partial charge in [0, 0.05) is 6.42 Å². The Morgan fingerprint density at radius 1 is 1.33 bits per heavy atom. The van der Waals surface area contributed by atoms with E-state index in [0.29, 0.717) is 12.1 Å². The normalized spacial score (nSPS) is 13.7. The minimum absolute atomic E-state index is 0.0372. The molecule has 5 heteroatoms. The predicted molar refractivity (Wildman–Crippen MR) is 67.8 cm³/mol. The average molecular weight is 250 g/mol. The zero-order chi connectivity index (χ0) is 13.5. The Morgan fingerprint density at radius 2 is 1.94 bits per heavy atom. The maximum Gasteiger partial charge on any atom is 0.330 e. The standard InChI is InChI=1S/C13H18N2O3/c1-9(8-14)7-11(16)15-12(13(17)18)10-5-3-2-4-6-10/h2-6,9,12H,7-8,14H2,1H3,(H,15,16)(H,17,18)/t9?,12-/m1/s1. The third-order valence-corrected chi connectivity index (χ3v) is 2.62. The van der Waals surface area contributed by atoms with Crippen LogP contribution in [-0.4, -0.2) is 23.5 Å². The summed E-state index contributed by atoms with van der Waals surface area (Å²) in [6, 6.07) is 7.60. The zero-order valence-corrected chi connectivity index (χ0v) is 10.3. The molecule has 1 aromatic carbocycles. The van der Waals surface area contributed by atoms with Gasteiger partial charge in [-0.2, -0.15) is 0 Å². The summed E-state index contributed by atoms with van der Waals surface area (Å²) >= 11 is 0. The largest absolute Gasteiger partial charge is 0.479 e. The molecule has 0 aliphatic heterocycles. The number of aliphatic carboxylic acids is 1. The van der Waals surface area contributed by atoms with Crippen molar-refractivity contribution < 1.29 is 14.7 Å². The summed E-state index contributed by atoms with van der Waals surface area (Å²) in [7, 11) is 0. The molecular weight excluding hydrogens is 232 g/mol. The van der Waals surface area contributed by atoms with Gasteiger partial charge in [-0.15, -0.1) is 0 Å². The quantitative estimate of drug-likeness (QED) is 0.699. The SMILES string of the molecule is CC(CN)CC(=O)N[C@@H](C(=O)O)c1ccccc1. The minimum Gasteiger partial charge on any atom is -0.479 e. The number of rotatable bonds is 6. The van der Waals surface area contributed by atoms with E-state index in [1.165, 1.54) is 0 Å². The molecule has 1 aromatic rings. The number of amides is 1. The van der Waals surface area contributed by atoms with Crippen molar-refractivity contribution in [3.05, 3.63) is 35.9 Å². The Balaban J connectivity index is 2.71. The third kappa shape index (κ3) is 4.18. The Morgan fingerprint density at radius 3 is 2.44 bits per heavy atom.